The highest BCUT2D eigenvalue weighted by Gasteiger charge is 2.41. The smallest absolute Gasteiger partial charge is 0.327 e. The lowest BCUT2D eigenvalue weighted by Crippen LogP contribution is -2.45. The molecule has 1 aromatic heterocycles. The normalized spacial score (nSPS) is 21.6. The van der Waals surface area contributed by atoms with Gasteiger partial charge in [0, 0.05) is 5.75 Å². The van der Waals surface area contributed by atoms with Crippen LogP contribution in [-0.4, -0.2) is 49.2 Å². The maximum Gasteiger partial charge on any atom is 0.327 e. The summed E-state index contributed by atoms with van der Waals surface area (Å²) in [5.41, 5.74) is 1.74. The van der Waals surface area contributed by atoms with Crippen LogP contribution in [0.1, 0.15) is 42.0 Å². The molecule has 1 aliphatic rings. The van der Waals surface area contributed by atoms with Crippen LogP contribution in [0.4, 0.5) is 0 Å². The summed E-state index contributed by atoms with van der Waals surface area (Å²) < 4.78 is 0. The van der Waals surface area contributed by atoms with Crippen LogP contribution in [-0.2, 0) is 11.2 Å². The zero-order chi connectivity index (χ0) is 15.6. The van der Waals surface area contributed by atoms with Crippen molar-refractivity contribution in [3.05, 3.63) is 23.0 Å². The second-order valence-corrected chi connectivity index (χ2v) is 6.17. The predicted molar refractivity (Wildman–Crippen MR) is 80.3 cm³/mol. The maximum atomic E-state index is 12.8. The maximum absolute atomic E-state index is 12.8. The number of rotatable bonds is 4. The van der Waals surface area contributed by atoms with Crippen molar-refractivity contribution in [2.45, 2.75) is 45.0 Å². The topological polar surface area (TPSA) is 83.4 Å². The average molecular weight is 309 g/mol. The number of aliphatic carboxylic acids is 1. The first kappa shape index (κ1) is 15.8. The van der Waals surface area contributed by atoms with Gasteiger partial charge in [-0.15, -0.1) is 11.8 Å². The van der Waals surface area contributed by atoms with Crippen LogP contribution in [0.5, 0.6) is 0 Å². The second-order valence-electron chi connectivity index (χ2n) is 4.96. The van der Waals surface area contributed by atoms with Crippen molar-refractivity contribution in [3.8, 4) is 0 Å². The van der Waals surface area contributed by atoms with Gasteiger partial charge in [-0.2, -0.15) is 10.2 Å². The van der Waals surface area contributed by atoms with Gasteiger partial charge in [-0.1, -0.05) is 13.8 Å². The fraction of sp³-hybridized carbons (Fsp3) is 0.571. The lowest BCUT2D eigenvalue weighted by molar-refractivity contribution is -0.141. The molecule has 1 aromatic rings. The SMILES string of the molecule is CCc1nnc(C)cc1C(=O)N1C(CC)SCC1C(=O)O. The minimum Gasteiger partial charge on any atom is -0.480 e. The van der Waals surface area contributed by atoms with E-state index < -0.39 is 12.0 Å². The van der Waals surface area contributed by atoms with Gasteiger partial charge in [-0.05, 0) is 25.8 Å². The first-order chi connectivity index (χ1) is 9.99. The number of carboxylic acid groups (broad SMARTS) is 1. The molecule has 0 aliphatic carbocycles. The van der Waals surface area contributed by atoms with Gasteiger partial charge in [-0.25, -0.2) is 4.79 Å². The molecule has 2 heterocycles. The van der Waals surface area contributed by atoms with Crippen LogP contribution in [0.2, 0.25) is 0 Å². The van der Waals surface area contributed by atoms with E-state index in [1.54, 1.807) is 13.0 Å². The average Bonchev–Trinajstić information content (AvgIpc) is 2.90. The van der Waals surface area contributed by atoms with Crippen molar-refractivity contribution in [3.63, 3.8) is 0 Å². The molecular weight excluding hydrogens is 290 g/mol. The lowest BCUT2D eigenvalue weighted by Gasteiger charge is -2.27. The molecule has 2 unspecified atom stereocenters. The molecule has 0 saturated carbocycles. The van der Waals surface area contributed by atoms with E-state index in [1.165, 1.54) is 16.7 Å². The van der Waals surface area contributed by atoms with E-state index in [0.29, 0.717) is 29.1 Å². The monoisotopic (exact) mass is 309 g/mol. The summed E-state index contributed by atoms with van der Waals surface area (Å²) in [6, 6.07) is 0.925. The van der Waals surface area contributed by atoms with Crippen LogP contribution < -0.4 is 0 Å². The molecule has 1 saturated heterocycles. The van der Waals surface area contributed by atoms with Crippen LogP contribution in [0, 0.1) is 6.92 Å². The third-order valence-electron chi connectivity index (χ3n) is 3.52. The molecule has 0 aromatic carbocycles. The van der Waals surface area contributed by atoms with Gasteiger partial charge in [0.15, 0.2) is 0 Å². The fourth-order valence-corrected chi connectivity index (χ4v) is 3.79. The molecule has 0 bridgehead atoms. The van der Waals surface area contributed by atoms with Crippen molar-refractivity contribution in [1.82, 2.24) is 15.1 Å². The van der Waals surface area contributed by atoms with Crippen molar-refractivity contribution >= 4 is 23.6 Å². The molecule has 6 nitrogen and oxygen atoms in total. The Morgan fingerprint density at radius 1 is 1.43 bits per heavy atom. The third kappa shape index (κ3) is 3.02. The summed E-state index contributed by atoms with van der Waals surface area (Å²) in [6.07, 6.45) is 1.31. The first-order valence-electron chi connectivity index (χ1n) is 6.99. The van der Waals surface area contributed by atoms with Gasteiger partial charge in [0.25, 0.3) is 5.91 Å². The van der Waals surface area contributed by atoms with Crippen LogP contribution in [0.3, 0.4) is 0 Å². The zero-order valence-electron chi connectivity index (χ0n) is 12.4. The summed E-state index contributed by atoms with van der Waals surface area (Å²) in [7, 11) is 0. The predicted octanol–water partition coefficient (Wildman–Crippen LogP) is 1.73. The van der Waals surface area contributed by atoms with E-state index in [4.69, 9.17) is 0 Å². The summed E-state index contributed by atoms with van der Waals surface area (Å²) >= 11 is 1.52. The van der Waals surface area contributed by atoms with E-state index in [1.807, 2.05) is 13.8 Å². The number of thioether (sulfide) groups is 1. The largest absolute Gasteiger partial charge is 0.480 e. The molecule has 21 heavy (non-hydrogen) atoms. The fourth-order valence-electron chi connectivity index (χ4n) is 2.44. The van der Waals surface area contributed by atoms with Crippen molar-refractivity contribution < 1.29 is 14.7 Å². The highest BCUT2D eigenvalue weighted by molar-refractivity contribution is 8.00. The highest BCUT2D eigenvalue weighted by Crippen LogP contribution is 2.33. The Balaban J connectivity index is 2.41. The van der Waals surface area contributed by atoms with Gasteiger partial charge >= 0.3 is 5.97 Å². The Labute approximate surface area is 127 Å². The number of nitrogens with zero attached hydrogens (tertiary/aromatic N) is 3. The molecular formula is C14H19N3O3S. The van der Waals surface area contributed by atoms with Gasteiger partial charge in [0.1, 0.15) is 6.04 Å². The minimum absolute atomic E-state index is 0.100. The van der Waals surface area contributed by atoms with Gasteiger partial charge < -0.3 is 10.0 Å². The summed E-state index contributed by atoms with van der Waals surface area (Å²) in [5.74, 6) is -0.781. The molecule has 7 heteroatoms. The van der Waals surface area contributed by atoms with Gasteiger partial charge in [0.2, 0.25) is 0 Å². The third-order valence-corrected chi connectivity index (χ3v) is 4.97. The molecule has 1 N–H and O–H groups in total. The van der Waals surface area contributed by atoms with Crippen molar-refractivity contribution in [2.24, 2.45) is 0 Å². The molecule has 0 radical (unpaired) electrons. The number of hydrogen-bond donors (Lipinski definition) is 1. The van der Waals surface area contributed by atoms with Crippen LogP contribution in [0.15, 0.2) is 6.07 Å². The Kier molecular flexibility index (Phi) is 4.82. The minimum atomic E-state index is -0.955. The van der Waals surface area contributed by atoms with E-state index in [0.717, 1.165) is 6.42 Å². The number of amides is 1. The second kappa shape index (κ2) is 6.43. The summed E-state index contributed by atoms with van der Waals surface area (Å²) in [5, 5.41) is 17.3. The summed E-state index contributed by atoms with van der Waals surface area (Å²) in [6.45, 7) is 5.63. The molecule has 2 atom stereocenters. The van der Waals surface area contributed by atoms with Gasteiger partial charge in [0.05, 0.1) is 22.3 Å². The molecule has 1 amide bonds. The quantitative estimate of drug-likeness (QED) is 0.912. The molecule has 114 valence electrons. The van der Waals surface area contributed by atoms with E-state index in [-0.39, 0.29) is 11.3 Å². The molecule has 0 spiro atoms. The number of carbonyl (C=O) groups excluding carboxylic acids is 1. The number of carboxylic acids is 1. The Morgan fingerprint density at radius 2 is 2.14 bits per heavy atom. The van der Waals surface area contributed by atoms with Crippen molar-refractivity contribution in [1.29, 1.82) is 0 Å². The zero-order valence-corrected chi connectivity index (χ0v) is 13.2. The Bertz CT molecular complexity index is 564. The Hall–Kier alpha value is -1.63. The Morgan fingerprint density at radius 3 is 2.71 bits per heavy atom. The van der Waals surface area contributed by atoms with E-state index >= 15 is 0 Å². The molecule has 2 rings (SSSR count). The number of aryl methyl sites for hydroxylation is 2. The van der Waals surface area contributed by atoms with Gasteiger partial charge in [-0.3, -0.25) is 4.79 Å². The highest BCUT2D eigenvalue weighted by atomic mass is 32.2. The van der Waals surface area contributed by atoms with Crippen molar-refractivity contribution in [2.75, 3.05) is 5.75 Å². The van der Waals surface area contributed by atoms with E-state index in [2.05, 4.69) is 10.2 Å². The van der Waals surface area contributed by atoms with Crippen LogP contribution in [0.25, 0.3) is 0 Å². The number of hydrogen-bond acceptors (Lipinski definition) is 5. The molecule has 1 aliphatic heterocycles. The number of carbonyl (C=O) groups is 2. The van der Waals surface area contributed by atoms with E-state index in [9.17, 15) is 14.7 Å². The van der Waals surface area contributed by atoms with Crippen LogP contribution >= 0.6 is 11.8 Å². The molecule has 1 fully saturated rings. The number of aromatic nitrogens is 2. The lowest BCUT2D eigenvalue weighted by atomic mass is 10.1. The standard InChI is InChI=1S/C14H19N3O3S/c1-4-10-9(6-8(3)15-16-10)13(18)17-11(14(19)20)7-21-12(17)5-2/h6,11-12H,4-5,7H2,1-3H3,(H,19,20). The first-order valence-corrected chi connectivity index (χ1v) is 8.04. The summed E-state index contributed by atoms with van der Waals surface area (Å²) in [4.78, 5) is 25.7.